The summed E-state index contributed by atoms with van der Waals surface area (Å²) < 4.78 is 0. The highest BCUT2D eigenvalue weighted by Crippen LogP contribution is 2.26. The molecule has 0 aromatic carbocycles. The maximum atomic E-state index is 3.60. The summed E-state index contributed by atoms with van der Waals surface area (Å²) >= 11 is 1.99. The lowest BCUT2D eigenvalue weighted by molar-refractivity contribution is 0.229. The Morgan fingerprint density at radius 3 is 2.60 bits per heavy atom. The molecule has 2 saturated carbocycles. The van der Waals surface area contributed by atoms with Crippen LogP contribution in [0.25, 0.3) is 0 Å². The lowest BCUT2D eigenvalue weighted by Crippen LogP contribution is -2.26. The Kier molecular flexibility index (Phi) is 5.14. The van der Waals surface area contributed by atoms with Crippen LogP contribution < -0.4 is 5.32 Å². The van der Waals surface area contributed by atoms with Gasteiger partial charge in [-0.3, -0.25) is 0 Å². The van der Waals surface area contributed by atoms with Crippen LogP contribution in [0, 0.1) is 5.92 Å². The number of thiophene rings is 1. The summed E-state index contributed by atoms with van der Waals surface area (Å²) in [6.45, 7) is 3.49. The van der Waals surface area contributed by atoms with E-state index >= 15 is 0 Å². The third kappa shape index (κ3) is 4.57. The van der Waals surface area contributed by atoms with Gasteiger partial charge in [-0.1, -0.05) is 19.3 Å². The maximum Gasteiger partial charge on any atom is 0.0325 e. The molecular weight excluding hydrogens is 264 g/mol. The van der Waals surface area contributed by atoms with E-state index in [1.165, 1.54) is 61.2 Å². The van der Waals surface area contributed by atoms with E-state index in [2.05, 4.69) is 29.4 Å². The molecule has 3 heteroatoms. The van der Waals surface area contributed by atoms with E-state index in [-0.39, 0.29) is 0 Å². The first kappa shape index (κ1) is 14.6. The zero-order valence-electron chi connectivity index (χ0n) is 12.7. The molecule has 1 N–H and O–H groups in total. The van der Waals surface area contributed by atoms with E-state index in [1.54, 1.807) is 0 Å². The van der Waals surface area contributed by atoms with Gasteiger partial charge >= 0.3 is 0 Å². The first-order valence-corrected chi connectivity index (χ1v) is 9.11. The van der Waals surface area contributed by atoms with E-state index < -0.39 is 0 Å². The lowest BCUT2D eigenvalue weighted by Gasteiger charge is -2.26. The number of hydrogen-bond donors (Lipinski definition) is 1. The average molecular weight is 292 g/mol. The summed E-state index contributed by atoms with van der Waals surface area (Å²) in [6.07, 6.45) is 10.0. The van der Waals surface area contributed by atoms with Crippen LogP contribution in [0.4, 0.5) is 0 Å². The molecule has 112 valence electrons. The van der Waals surface area contributed by atoms with Crippen molar-refractivity contribution in [3.63, 3.8) is 0 Å². The molecule has 1 heterocycles. The molecule has 0 spiro atoms. The molecule has 1 aromatic rings. The minimum Gasteiger partial charge on any atom is -0.309 e. The van der Waals surface area contributed by atoms with Crippen molar-refractivity contribution in [3.05, 3.63) is 21.9 Å². The van der Waals surface area contributed by atoms with Crippen molar-refractivity contribution < 1.29 is 0 Å². The standard InChI is InChI=1S/C17H28N2S/c1-19(12-14-5-3-2-4-6-14)13-17-10-9-16(20-17)11-18-15-7-8-15/h9-10,14-15,18H,2-8,11-13H2,1H3. The molecule has 0 radical (unpaired) electrons. The summed E-state index contributed by atoms with van der Waals surface area (Å²) in [6, 6.07) is 5.45. The van der Waals surface area contributed by atoms with Gasteiger partial charge < -0.3 is 10.2 Å². The van der Waals surface area contributed by atoms with Crippen LogP contribution in [-0.4, -0.2) is 24.5 Å². The van der Waals surface area contributed by atoms with Crippen LogP contribution in [0.1, 0.15) is 54.7 Å². The van der Waals surface area contributed by atoms with Crippen molar-refractivity contribution in [2.24, 2.45) is 5.92 Å². The second kappa shape index (κ2) is 7.06. The van der Waals surface area contributed by atoms with E-state index in [4.69, 9.17) is 0 Å². The number of hydrogen-bond acceptors (Lipinski definition) is 3. The first-order chi connectivity index (χ1) is 9.79. The van der Waals surface area contributed by atoms with Gasteiger partial charge in [-0.15, -0.1) is 11.3 Å². The molecule has 0 unspecified atom stereocenters. The second-order valence-corrected chi connectivity index (χ2v) is 7.98. The zero-order chi connectivity index (χ0) is 13.8. The molecule has 2 fully saturated rings. The van der Waals surface area contributed by atoms with E-state index in [1.807, 2.05) is 11.3 Å². The number of nitrogens with one attached hydrogen (secondary N) is 1. The summed E-state index contributed by atoms with van der Waals surface area (Å²) in [5, 5.41) is 3.60. The van der Waals surface area contributed by atoms with Crippen LogP contribution in [-0.2, 0) is 13.1 Å². The van der Waals surface area contributed by atoms with Gasteiger partial charge in [-0.05, 0) is 50.8 Å². The van der Waals surface area contributed by atoms with Gasteiger partial charge in [-0.25, -0.2) is 0 Å². The van der Waals surface area contributed by atoms with Gasteiger partial charge in [0.25, 0.3) is 0 Å². The SMILES string of the molecule is CN(Cc1ccc(CNC2CC2)s1)CC1CCCCC1. The fourth-order valence-electron chi connectivity index (χ4n) is 3.28. The summed E-state index contributed by atoms with van der Waals surface area (Å²) in [7, 11) is 2.29. The lowest BCUT2D eigenvalue weighted by atomic mass is 9.89. The highest BCUT2D eigenvalue weighted by atomic mass is 32.1. The molecule has 0 amide bonds. The smallest absolute Gasteiger partial charge is 0.0325 e. The van der Waals surface area contributed by atoms with Gasteiger partial charge in [0.15, 0.2) is 0 Å². The summed E-state index contributed by atoms with van der Waals surface area (Å²) in [5.74, 6) is 0.949. The van der Waals surface area contributed by atoms with Crippen LogP contribution in [0.15, 0.2) is 12.1 Å². The Labute approximate surface area is 127 Å². The second-order valence-electron chi connectivity index (χ2n) is 6.72. The third-order valence-electron chi connectivity index (χ3n) is 4.58. The number of rotatable bonds is 7. The van der Waals surface area contributed by atoms with Crippen molar-refractivity contribution in [2.75, 3.05) is 13.6 Å². The Hall–Kier alpha value is -0.380. The van der Waals surface area contributed by atoms with Crippen molar-refractivity contribution in [3.8, 4) is 0 Å². The molecule has 2 aliphatic carbocycles. The van der Waals surface area contributed by atoms with Gasteiger partial charge in [0.2, 0.25) is 0 Å². The van der Waals surface area contributed by atoms with Crippen LogP contribution in [0.3, 0.4) is 0 Å². The van der Waals surface area contributed by atoms with Gasteiger partial charge in [0.05, 0.1) is 0 Å². The van der Waals surface area contributed by atoms with E-state index in [0.29, 0.717) is 0 Å². The van der Waals surface area contributed by atoms with Crippen molar-refractivity contribution in [1.82, 2.24) is 10.2 Å². The zero-order valence-corrected chi connectivity index (χ0v) is 13.6. The van der Waals surface area contributed by atoms with E-state index in [9.17, 15) is 0 Å². The van der Waals surface area contributed by atoms with Crippen molar-refractivity contribution in [1.29, 1.82) is 0 Å². The molecule has 1 aromatic heterocycles. The molecule has 2 nitrogen and oxygen atoms in total. The van der Waals surface area contributed by atoms with Crippen molar-refractivity contribution >= 4 is 11.3 Å². The normalized spacial score (nSPS) is 20.7. The molecule has 20 heavy (non-hydrogen) atoms. The molecule has 0 bridgehead atoms. The predicted octanol–water partition coefficient (Wildman–Crippen LogP) is 4.01. The Morgan fingerprint density at radius 2 is 1.85 bits per heavy atom. The van der Waals surface area contributed by atoms with Crippen LogP contribution in [0.5, 0.6) is 0 Å². The fourth-order valence-corrected chi connectivity index (χ4v) is 4.33. The third-order valence-corrected chi connectivity index (χ3v) is 5.65. The number of nitrogens with zero attached hydrogens (tertiary/aromatic N) is 1. The highest BCUT2D eigenvalue weighted by molar-refractivity contribution is 7.11. The largest absolute Gasteiger partial charge is 0.309 e. The van der Waals surface area contributed by atoms with Crippen molar-refractivity contribution in [2.45, 2.75) is 64.1 Å². The summed E-state index contributed by atoms with van der Waals surface area (Å²) in [5.41, 5.74) is 0. The van der Waals surface area contributed by atoms with E-state index in [0.717, 1.165) is 25.0 Å². The minimum atomic E-state index is 0.814. The fraction of sp³-hybridized carbons (Fsp3) is 0.765. The monoisotopic (exact) mass is 292 g/mol. The molecule has 0 saturated heterocycles. The predicted molar refractivity (Wildman–Crippen MR) is 87.1 cm³/mol. The van der Waals surface area contributed by atoms with Gasteiger partial charge in [-0.2, -0.15) is 0 Å². The Bertz CT molecular complexity index is 405. The van der Waals surface area contributed by atoms with Gasteiger partial charge in [0, 0.05) is 35.4 Å². The van der Waals surface area contributed by atoms with Crippen LogP contribution in [0.2, 0.25) is 0 Å². The molecule has 2 aliphatic rings. The molecule has 0 atom stereocenters. The summed E-state index contributed by atoms with van der Waals surface area (Å²) in [4.78, 5) is 5.55. The van der Waals surface area contributed by atoms with Crippen LogP contribution >= 0.6 is 11.3 Å². The Balaban J connectivity index is 1.41. The minimum absolute atomic E-state index is 0.814. The molecular formula is C17H28N2S. The topological polar surface area (TPSA) is 15.3 Å². The average Bonchev–Trinajstić information content (AvgIpc) is 3.18. The maximum absolute atomic E-state index is 3.60. The quantitative estimate of drug-likeness (QED) is 0.817. The highest BCUT2D eigenvalue weighted by Gasteiger charge is 2.20. The first-order valence-electron chi connectivity index (χ1n) is 8.29. The Morgan fingerprint density at radius 1 is 1.10 bits per heavy atom. The molecule has 3 rings (SSSR count). The molecule has 0 aliphatic heterocycles. The van der Waals surface area contributed by atoms with Gasteiger partial charge in [0.1, 0.15) is 0 Å².